The number of hydrogen-bond donors (Lipinski definition) is 1. The van der Waals surface area contributed by atoms with E-state index in [4.69, 9.17) is 0 Å². The van der Waals surface area contributed by atoms with Gasteiger partial charge in [-0.1, -0.05) is 43.5 Å². The van der Waals surface area contributed by atoms with Crippen LogP contribution in [0.2, 0.25) is 0 Å². The summed E-state index contributed by atoms with van der Waals surface area (Å²) in [5, 5.41) is 3.66. The normalized spacial score (nSPS) is 19.9. The number of anilines is 2. The summed E-state index contributed by atoms with van der Waals surface area (Å²) in [7, 11) is 0. The Balaban J connectivity index is 1.69. The third-order valence-corrected chi connectivity index (χ3v) is 6.27. The van der Waals surface area contributed by atoms with Crippen molar-refractivity contribution in [3.63, 3.8) is 0 Å². The lowest BCUT2D eigenvalue weighted by Gasteiger charge is -2.44. The zero-order valence-corrected chi connectivity index (χ0v) is 17.0. The molecule has 1 aliphatic heterocycles. The zero-order chi connectivity index (χ0) is 19.5. The summed E-state index contributed by atoms with van der Waals surface area (Å²) in [6.45, 7) is 6.36. The number of nitrogens with one attached hydrogen (secondary N) is 1. The topological polar surface area (TPSA) is 35.6 Å². The van der Waals surface area contributed by atoms with Gasteiger partial charge in [-0.25, -0.2) is 0 Å². The maximum absolute atomic E-state index is 13.4. The second-order valence-electron chi connectivity index (χ2n) is 7.86. The largest absolute Gasteiger partial charge is 0.372 e. The van der Waals surface area contributed by atoms with E-state index < -0.39 is 0 Å². The molecule has 0 spiro atoms. The van der Waals surface area contributed by atoms with Crippen molar-refractivity contribution >= 4 is 17.3 Å². The third kappa shape index (κ3) is 3.48. The van der Waals surface area contributed by atoms with Crippen LogP contribution in [0.3, 0.4) is 0 Å². The van der Waals surface area contributed by atoms with Crippen molar-refractivity contribution in [1.29, 1.82) is 0 Å². The van der Waals surface area contributed by atoms with Gasteiger partial charge in [0.1, 0.15) is 6.17 Å². The Labute approximate surface area is 168 Å². The number of hydrogen-bond acceptors (Lipinski definition) is 3. The standard InChI is InChI=1S/C24H31N3O/c1-3-26(4-2)19-16-14-18(15-17-19)23-25-22-13-9-8-12-21(22)24(28)27(23)20-10-6-5-7-11-20/h8-9,12-17,20,23,25H,3-7,10-11H2,1-2H3/t23-/m0/s1. The molecule has 2 aliphatic rings. The fraction of sp³-hybridized carbons (Fsp3) is 0.458. The third-order valence-electron chi connectivity index (χ3n) is 6.27. The predicted molar refractivity (Wildman–Crippen MR) is 116 cm³/mol. The van der Waals surface area contributed by atoms with Crippen LogP contribution in [0, 0.1) is 0 Å². The Kier molecular flexibility index (Phi) is 5.56. The van der Waals surface area contributed by atoms with Crippen molar-refractivity contribution in [2.75, 3.05) is 23.3 Å². The van der Waals surface area contributed by atoms with Crippen molar-refractivity contribution in [3.05, 3.63) is 59.7 Å². The summed E-state index contributed by atoms with van der Waals surface area (Å²) in [5.41, 5.74) is 4.13. The van der Waals surface area contributed by atoms with Crippen molar-refractivity contribution in [2.45, 2.75) is 58.2 Å². The lowest BCUT2D eigenvalue weighted by molar-refractivity contribution is 0.0524. The molecule has 1 N–H and O–H groups in total. The monoisotopic (exact) mass is 377 g/mol. The van der Waals surface area contributed by atoms with Crippen LogP contribution in [0.5, 0.6) is 0 Å². The Morgan fingerprint density at radius 2 is 1.64 bits per heavy atom. The van der Waals surface area contributed by atoms with E-state index in [1.54, 1.807) is 0 Å². The second kappa shape index (κ2) is 8.26. The van der Waals surface area contributed by atoms with Crippen molar-refractivity contribution < 1.29 is 4.79 Å². The smallest absolute Gasteiger partial charge is 0.258 e. The zero-order valence-electron chi connectivity index (χ0n) is 17.0. The van der Waals surface area contributed by atoms with Gasteiger partial charge in [0, 0.05) is 30.5 Å². The fourth-order valence-electron chi connectivity index (χ4n) is 4.70. The number of rotatable bonds is 5. The predicted octanol–water partition coefficient (Wildman–Crippen LogP) is 5.43. The van der Waals surface area contributed by atoms with Gasteiger partial charge in [0.25, 0.3) is 5.91 Å². The van der Waals surface area contributed by atoms with Gasteiger partial charge in [0.15, 0.2) is 0 Å². The Morgan fingerprint density at radius 1 is 0.964 bits per heavy atom. The molecule has 2 aromatic rings. The number of fused-ring (bicyclic) bond motifs is 1. The molecule has 4 heteroatoms. The summed E-state index contributed by atoms with van der Waals surface area (Å²) in [4.78, 5) is 17.9. The first kappa shape index (κ1) is 18.9. The van der Waals surface area contributed by atoms with Gasteiger partial charge in [0.05, 0.1) is 5.56 Å². The van der Waals surface area contributed by atoms with Crippen LogP contribution in [0.15, 0.2) is 48.5 Å². The molecular formula is C24H31N3O. The Bertz CT molecular complexity index is 807. The summed E-state index contributed by atoms with van der Waals surface area (Å²) in [5.74, 6) is 0.166. The van der Waals surface area contributed by atoms with Crippen LogP contribution in [0.1, 0.15) is 68.0 Å². The van der Waals surface area contributed by atoms with Crippen molar-refractivity contribution in [2.24, 2.45) is 0 Å². The number of carbonyl (C=O) groups excluding carboxylic acids is 1. The van der Waals surface area contributed by atoms with Gasteiger partial charge in [0.2, 0.25) is 0 Å². The first-order valence-corrected chi connectivity index (χ1v) is 10.8. The SMILES string of the molecule is CCN(CC)c1ccc([C@H]2Nc3ccccc3C(=O)N2C2CCCCC2)cc1. The van der Waals surface area contributed by atoms with Gasteiger partial charge in [-0.2, -0.15) is 0 Å². The van der Waals surface area contributed by atoms with E-state index in [0.29, 0.717) is 6.04 Å². The number of nitrogens with zero attached hydrogens (tertiary/aromatic N) is 2. The average molecular weight is 378 g/mol. The highest BCUT2D eigenvalue weighted by molar-refractivity contribution is 6.01. The summed E-state index contributed by atoms with van der Waals surface area (Å²) >= 11 is 0. The number of para-hydroxylation sites is 1. The highest BCUT2D eigenvalue weighted by atomic mass is 16.2. The van der Waals surface area contributed by atoms with E-state index in [9.17, 15) is 4.79 Å². The Hall–Kier alpha value is -2.49. The lowest BCUT2D eigenvalue weighted by Crippen LogP contribution is -2.49. The first-order valence-electron chi connectivity index (χ1n) is 10.8. The van der Waals surface area contributed by atoms with Crippen LogP contribution in [-0.2, 0) is 0 Å². The molecule has 28 heavy (non-hydrogen) atoms. The minimum atomic E-state index is -0.101. The molecule has 1 atom stereocenters. The maximum atomic E-state index is 13.4. The van der Waals surface area contributed by atoms with E-state index in [1.165, 1.54) is 24.9 Å². The summed E-state index contributed by atoms with van der Waals surface area (Å²) < 4.78 is 0. The molecule has 1 fully saturated rings. The van der Waals surface area contributed by atoms with E-state index in [0.717, 1.165) is 42.7 Å². The maximum Gasteiger partial charge on any atom is 0.258 e. The molecule has 1 amide bonds. The molecule has 148 valence electrons. The summed E-state index contributed by atoms with van der Waals surface area (Å²) in [6.07, 6.45) is 5.81. The molecule has 4 rings (SSSR count). The highest BCUT2D eigenvalue weighted by Gasteiger charge is 2.37. The van der Waals surface area contributed by atoms with Gasteiger partial charge in [-0.05, 0) is 56.5 Å². The van der Waals surface area contributed by atoms with E-state index in [2.05, 4.69) is 53.2 Å². The second-order valence-corrected chi connectivity index (χ2v) is 7.86. The van der Waals surface area contributed by atoms with Gasteiger partial charge in [-0.15, -0.1) is 0 Å². The van der Waals surface area contributed by atoms with Crippen molar-refractivity contribution in [3.8, 4) is 0 Å². The lowest BCUT2D eigenvalue weighted by atomic mass is 9.91. The molecule has 2 aromatic carbocycles. The molecule has 1 heterocycles. The minimum absolute atomic E-state index is 0.101. The minimum Gasteiger partial charge on any atom is -0.372 e. The van der Waals surface area contributed by atoms with Gasteiger partial charge >= 0.3 is 0 Å². The first-order chi connectivity index (χ1) is 13.7. The molecule has 1 saturated carbocycles. The molecule has 0 bridgehead atoms. The molecule has 0 radical (unpaired) electrons. The molecule has 1 aliphatic carbocycles. The number of benzene rings is 2. The quantitative estimate of drug-likeness (QED) is 0.754. The Morgan fingerprint density at radius 3 is 2.32 bits per heavy atom. The van der Waals surface area contributed by atoms with Crippen LogP contribution < -0.4 is 10.2 Å². The molecule has 0 aromatic heterocycles. The van der Waals surface area contributed by atoms with E-state index in [1.807, 2.05) is 24.3 Å². The van der Waals surface area contributed by atoms with Crippen molar-refractivity contribution in [1.82, 2.24) is 4.90 Å². The number of carbonyl (C=O) groups is 1. The molecular weight excluding hydrogens is 346 g/mol. The number of amides is 1. The van der Waals surface area contributed by atoms with Crippen LogP contribution in [0.25, 0.3) is 0 Å². The van der Waals surface area contributed by atoms with E-state index in [-0.39, 0.29) is 12.1 Å². The van der Waals surface area contributed by atoms with Crippen LogP contribution in [-0.4, -0.2) is 29.9 Å². The summed E-state index contributed by atoms with van der Waals surface area (Å²) in [6, 6.07) is 17.0. The van der Waals surface area contributed by atoms with E-state index >= 15 is 0 Å². The highest BCUT2D eigenvalue weighted by Crippen LogP contribution is 2.38. The van der Waals surface area contributed by atoms with Crippen LogP contribution >= 0.6 is 0 Å². The van der Waals surface area contributed by atoms with Gasteiger partial charge in [-0.3, -0.25) is 4.79 Å². The van der Waals surface area contributed by atoms with Gasteiger partial charge < -0.3 is 15.1 Å². The molecule has 4 nitrogen and oxygen atoms in total. The average Bonchev–Trinajstić information content (AvgIpc) is 2.76. The van der Waals surface area contributed by atoms with Crippen LogP contribution in [0.4, 0.5) is 11.4 Å². The fourth-order valence-corrected chi connectivity index (χ4v) is 4.70. The molecule has 0 saturated heterocycles. The molecule has 0 unspecified atom stereocenters.